The minimum Gasteiger partial charge on any atom is -0.483 e. The van der Waals surface area contributed by atoms with Crippen LogP contribution in [0, 0.1) is 0 Å². The summed E-state index contributed by atoms with van der Waals surface area (Å²) >= 11 is 9.22. The molecule has 0 radical (unpaired) electrons. The lowest BCUT2D eigenvalue weighted by atomic mass is 10.0. The molecule has 0 aliphatic carbocycles. The van der Waals surface area contributed by atoms with Crippen molar-refractivity contribution in [2.75, 3.05) is 11.9 Å². The molecule has 0 aromatic heterocycles. The van der Waals surface area contributed by atoms with E-state index in [9.17, 15) is 18.0 Å². The Hall–Kier alpha value is -1.73. The van der Waals surface area contributed by atoms with Crippen LogP contribution in [0.25, 0.3) is 0 Å². The number of benzene rings is 2. The number of ether oxygens (including phenoxy) is 1. The lowest BCUT2D eigenvalue weighted by Crippen LogP contribution is -2.21. The van der Waals surface area contributed by atoms with Gasteiger partial charge in [-0.2, -0.15) is 13.2 Å². The Bertz CT molecular complexity index is 810. The van der Waals surface area contributed by atoms with Crippen molar-refractivity contribution in [1.29, 1.82) is 0 Å². The number of carbonyl (C=O) groups excluding carboxylic acids is 1. The summed E-state index contributed by atoms with van der Waals surface area (Å²) in [6.07, 6.45) is -4.52. The number of anilines is 1. The second kappa shape index (κ2) is 8.31. The van der Waals surface area contributed by atoms with E-state index in [0.29, 0.717) is 16.1 Å². The summed E-state index contributed by atoms with van der Waals surface area (Å²) in [4.78, 5) is 12.0. The topological polar surface area (TPSA) is 38.3 Å². The third-order valence-electron chi connectivity index (χ3n) is 3.55. The van der Waals surface area contributed by atoms with Gasteiger partial charge in [0.15, 0.2) is 6.61 Å². The first kappa shape index (κ1) is 20.6. The van der Waals surface area contributed by atoms with Crippen molar-refractivity contribution < 1.29 is 22.7 Å². The van der Waals surface area contributed by atoms with Crippen LogP contribution in [0.2, 0.25) is 5.02 Å². The predicted molar refractivity (Wildman–Crippen MR) is 98.8 cm³/mol. The Kier molecular flexibility index (Phi) is 6.58. The fourth-order valence-corrected chi connectivity index (χ4v) is 2.80. The molecule has 1 amide bonds. The van der Waals surface area contributed by atoms with Crippen molar-refractivity contribution in [2.45, 2.75) is 25.9 Å². The van der Waals surface area contributed by atoms with Crippen LogP contribution >= 0.6 is 27.5 Å². The lowest BCUT2D eigenvalue weighted by Gasteiger charge is -2.13. The zero-order chi connectivity index (χ0) is 19.5. The molecule has 0 aliphatic rings. The highest BCUT2D eigenvalue weighted by atomic mass is 79.9. The second-order valence-corrected chi connectivity index (χ2v) is 7.14. The van der Waals surface area contributed by atoms with Crippen LogP contribution < -0.4 is 10.1 Å². The maximum Gasteiger partial charge on any atom is 0.416 e. The quantitative estimate of drug-likeness (QED) is 0.584. The molecule has 0 saturated heterocycles. The molecule has 140 valence electrons. The molecule has 2 rings (SSSR count). The van der Waals surface area contributed by atoms with Crippen molar-refractivity contribution in [3.8, 4) is 5.75 Å². The third kappa shape index (κ3) is 5.38. The highest BCUT2D eigenvalue weighted by Crippen LogP contribution is 2.34. The van der Waals surface area contributed by atoms with E-state index in [-0.39, 0.29) is 17.3 Å². The molecular weight excluding hydrogens is 435 g/mol. The minimum absolute atomic E-state index is 0.00816. The number of nitrogens with one attached hydrogen (secondary N) is 1. The number of hydrogen-bond donors (Lipinski definition) is 1. The van der Waals surface area contributed by atoms with E-state index >= 15 is 0 Å². The molecule has 2 aromatic rings. The Morgan fingerprint density at radius 1 is 1.23 bits per heavy atom. The average molecular weight is 451 g/mol. The van der Waals surface area contributed by atoms with Crippen LogP contribution in [-0.4, -0.2) is 12.5 Å². The first-order chi connectivity index (χ1) is 12.1. The summed E-state index contributed by atoms with van der Waals surface area (Å²) in [6.45, 7) is 3.73. The van der Waals surface area contributed by atoms with Gasteiger partial charge in [-0.05, 0) is 57.7 Å². The van der Waals surface area contributed by atoms with Gasteiger partial charge in [-0.1, -0.05) is 31.5 Å². The van der Waals surface area contributed by atoms with Crippen molar-refractivity contribution in [2.24, 2.45) is 0 Å². The Morgan fingerprint density at radius 3 is 2.50 bits per heavy atom. The smallest absolute Gasteiger partial charge is 0.416 e. The molecule has 1 N–H and O–H groups in total. The SMILES string of the molecule is CC(C)c1ccc(OCC(=O)Nc2cc(C(F)(F)F)ccc2Cl)c(Br)c1. The third-order valence-corrected chi connectivity index (χ3v) is 4.50. The zero-order valence-electron chi connectivity index (χ0n) is 14.0. The molecule has 2 aromatic carbocycles. The number of carbonyl (C=O) groups is 1. The molecule has 8 heteroatoms. The van der Waals surface area contributed by atoms with E-state index in [4.69, 9.17) is 16.3 Å². The van der Waals surface area contributed by atoms with Crippen molar-refractivity contribution in [3.63, 3.8) is 0 Å². The fraction of sp³-hybridized carbons (Fsp3) is 0.278. The highest BCUT2D eigenvalue weighted by molar-refractivity contribution is 9.10. The Morgan fingerprint density at radius 2 is 1.92 bits per heavy atom. The molecule has 0 bridgehead atoms. The van der Waals surface area contributed by atoms with E-state index < -0.39 is 17.6 Å². The van der Waals surface area contributed by atoms with Gasteiger partial charge in [0.2, 0.25) is 0 Å². The molecule has 0 atom stereocenters. The van der Waals surface area contributed by atoms with Gasteiger partial charge in [0.1, 0.15) is 5.75 Å². The molecule has 0 fully saturated rings. The first-order valence-corrected chi connectivity index (χ1v) is 8.84. The summed E-state index contributed by atoms with van der Waals surface area (Å²) in [7, 11) is 0. The van der Waals surface area contributed by atoms with Gasteiger partial charge in [-0.15, -0.1) is 0 Å². The fourth-order valence-electron chi connectivity index (χ4n) is 2.12. The van der Waals surface area contributed by atoms with Gasteiger partial charge in [0, 0.05) is 0 Å². The maximum absolute atomic E-state index is 12.8. The molecule has 0 spiro atoms. The maximum atomic E-state index is 12.8. The molecule has 0 unspecified atom stereocenters. The molecule has 0 heterocycles. The number of halogens is 5. The van der Waals surface area contributed by atoms with E-state index in [1.165, 1.54) is 0 Å². The largest absolute Gasteiger partial charge is 0.483 e. The Balaban J connectivity index is 2.04. The van der Waals surface area contributed by atoms with Crippen LogP contribution in [0.15, 0.2) is 40.9 Å². The zero-order valence-corrected chi connectivity index (χ0v) is 16.3. The van der Waals surface area contributed by atoms with Crippen molar-refractivity contribution in [3.05, 3.63) is 57.0 Å². The second-order valence-electron chi connectivity index (χ2n) is 5.87. The van der Waals surface area contributed by atoms with Crippen LogP contribution in [0.5, 0.6) is 5.75 Å². The van der Waals surface area contributed by atoms with E-state index in [0.717, 1.165) is 23.8 Å². The summed E-state index contributed by atoms with van der Waals surface area (Å²) in [5.74, 6) is 0.178. The molecule has 3 nitrogen and oxygen atoms in total. The monoisotopic (exact) mass is 449 g/mol. The van der Waals surface area contributed by atoms with Crippen LogP contribution in [0.4, 0.5) is 18.9 Å². The average Bonchev–Trinajstić information content (AvgIpc) is 2.54. The molecule has 0 saturated carbocycles. The number of rotatable bonds is 5. The summed E-state index contributed by atoms with van der Waals surface area (Å²) in [5, 5.41) is 2.34. The molecule has 0 aliphatic heterocycles. The number of alkyl halides is 3. The standard InChI is InChI=1S/C18H16BrClF3NO2/c1-10(2)11-3-6-16(13(19)7-11)26-9-17(25)24-15-8-12(18(21,22)23)4-5-14(15)20/h3-8,10H,9H2,1-2H3,(H,24,25). The normalized spacial score (nSPS) is 11.5. The molecule has 26 heavy (non-hydrogen) atoms. The van der Waals surface area contributed by atoms with Gasteiger partial charge in [-0.3, -0.25) is 4.79 Å². The van der Waals surface area contributed by atoms with E-state index in [2.05, 4.69) is 35.1 Å². The number of hydrogen-bond acceptors (Lipinski definition) is 2. The highest BCUT2D eigenvalue weighted by Gasteiger charge is 2.31. The van der Waals surface area contributed by atoms with Crippen molar-refractivity contribution in [1.82, 2.24) is 0 Å². The first-order valence-electron chi connectivity index (χ1n) is 7.66. The van der Waals surface area contributed by atoms with Crippen LogP contribution in [0.3, 0.4) is 0 Å². The molecular formula is C18H16BrClF3NO2. The van der Waals surface area contributed by atoms with Gasteiger partial charge in [0.05, 0.1) is 20.7 Å². The van der Waals surface area contributed by atoms with Gasteiger partial charge in [0.25, 0.3) is 5.91 Å². The summed E-state index contributed by atoms with van der Waals surface area (Å²) in [6, 6.07) is 8.22. The van der Waals surface area contributed by atoms with E-state index in [1.54, 1.807) is 6.07 Å². The Labute approximate surface area is 162 Å². The van der Waals surface area contributed by atoms with Gasteiger partial charge >= 0.3 is 6.18 Å². The van der Waals surface area contributed by atoms with Gasteiger partial charge in [-0.25, -0.2) is 0 Å². The van der Waals surface area contributed by atoms with Crippen molar-refractivity contribution >= 4 is 39.1 Å². The summed E-state index contributed by atoms with van der Waals surface area (Å²) < 4.78 is 44.4. The summed E-state index contributed by atoms with van der Waals surface area (Å²) in [5.41, 5.74) is 0.0823. The van der Waals surface area contributed by atoms with Crippen LogP contribution in [0.1, 0.15) is 30.9 Å². The van der Waals surface area contributed by atoms with Gasteiger partial charge < -0.3 is 10.1 Å². The van der Waals surface area contributed by atoms with E-state index in [1.807, 2.05) is 12.1 Å². The van der Waals surface area contributed by atoms with Crippen LogP contribution in [-0.2, 0) is 11.0 Å². The number of amides is 1. The lowest BCUT2D eigenvalue weighted by molar-refractivity contribution is -0.137. The predicted octanol–water partition coefficient (Wildman–Crippen LogP) is 6.26. The minimum atomic E-state index is -4.52.